The van der Waals surface area contributed by atoms with Crippen LogP contribution in [0.5, 0.6) is 5.75 Å². The molecule has 0 unspecified atom stereocenters. The molecule has 1 N–H and O–H groups in total. The summed E-state index contributed by atoms with van der Waals surface area (Å²) >= 11 is 0. The van der Waals surface area contributed by atoms with Gasteiger partial charge in [-0.25, -0.2) is 0 Å². The SMILES string of the molecule is Cc1cc(NC(=O)C2(c3ccccc3)CCCCC2)cc(C)c1OCC(C)C. The molecule has 1 amide bonds. The molecule has 1 fully saturated rings. The van der Waals surface area contributed by atoms with E-state index in [0.717, 1.165) is 53.8 Å². The Kier molecular flexibility index (Phi) is 6.43. The predicted molar refractivity (Wildman–Crippen MR) is 116 cm³/mol. The first-order valence-electron chi connectivity index (χ1n) is 10.5. The van der Waals surface area contributed by atoms with Gasteiger partial charge in [0.05, 0.1) is 12.0 Å². The molecule has 3 rings (SSSR count). The Bertz CT molecular complexity index is 782. The molecule has 0 aliphatic heterocycles. The van der Waals surface area contributed by atoms with Crippen LogP contribution in [0.1, 0.15) is 62.6 Å². The highest BCUT2D eigenvalue weighted by Crippen LogP contribution is 2.40. The van der Waals surface area contributed by atoms with E-state index in [9.17, 15) is 4.79 Å². The third kappa shape index (κ3) is 4.40. The fourth-order valence-corrected chi connectivity index (χ4v) is 4.31. The van der Waals surface area contributed by atoms with Crippen LogP contribution in [0.3, 0.4) is 0 Å². The molecule has 1 aliphatic carbocycles. The Balaban J connectivity index is 1.84. The number of amides is 1. The molecule has 0 aromatic heterocycles. The second-order valence-electron chi connectivity index (χ2n) is 8.61. The molecule has 3 heteroatoms. The number of hydrogen-bond donors (Lipinski definition) is 1. The van der Waals surface area contributed by atoms with Crippen LogP contribution in [-0.4, -0.2) is 12.5 Å². The van der Waals surface area contributed by atoms with Gasteiger partial charge in [-0.05, 0) is 61.4 Å². The highest BCUT2D eigenvalue weighted by molar-refractivity contribution is 5.99. The van der Waals surface area contributed by atoms with E-state index in [2.05, 4.69) is 31.3 Å². The van der Waals surface area contributed by atoms with Gasteiger partial charge < -0.3 is 10.1 Å². The first-order chi connectivity index (χ1) is 13.4. The van der Waals surface area contributed by atoms with Gasteiger partial charge in [-0.2, -0.15) is 0 Å². The molecule has 150 valence electrons. The lowest BCUT2D eigenvalue weighted by molar-refractivity contribution is -0.122. The summed E-state index contributed by atoms with van der Waals surface area (Å²) in [5.41, 5.74) is 3.70. The third-order valence-electron chi connectivity index (χ3n) is 5.75. The van der Waals surface area contributed by atoms with Crippen LogP contribution in [0.25, 0.3) is 0 Å². The largest absolute Gasteiger partial charge is 0.493 e. The predicted octanol–water partition coefficient (Wildman–Crippen LogP) is 6.18. The molecular weight excluding hydrogens is 346 g/mol. The Morgan fingerprint density at radius 3 is 2.21 bits per heavy atom. The normalized spacial score (nSPS) is 16.0. The number of hydrogen-bond acceptors (Lipinski definition) is 2. The van der Waals surface area contributed by atoms with Gasteiger partial charge >= 0.3 is 0 Å². The van der Waals surface area contributed by atoms with Gasteiger partial charge in [0.2, 0.25) is 5.91 Å². The second kappa shape index (κ2) is 8.81. The van der Waals surface area contributed by atoms with Gasteiger partial charge in [0.1, 0.15) is 5.75 Å². The summed E-state index contributed by atoms with van der Waals surface area (Å²) in [5, 5.41) is 3.23. The number of nitrogens with one attached hydrogen (secondary N) is 1. The lowest BCUT2D eigenvalue weighted by atomic mass is 9.68. The van der Waals surface area contributed by atoms with Crippen LogP contribution in [0, 0.1) is 19.8 Å². The highest BCUT2D eigenvalue weighted by Gasteiger charge is 2.41. The summed E-state index contributed by atoms with van der Waals surface area (Å²) in [5.74, 6) is 1.53. The molecule has 28 heavy (non-hydrogen) atoms. The van der Waals surface area contributed by atoms with E-state index in [1.54, 1.807) is 0 Å². The number of ether oxygens (including phenoxy) is 1. The molecule has 0 bridgehead atoms. The minimum absolute atomic E-state index is 0.119. The van der Waals surface area contributed by atoms with Crippen LogP contribution in [0.2, 0.25) is 0 Å². The van der Waals surface area contributed by atoms with Crippen LogP contribution >= 0.6 is 0 Å². The molecule has 0 saturated heterocycles. The average Bonchev–Trinajstić information content (AvgIpc) is 2.68. The Morgan fingerprint density at radius 2 is 1.64 bits per heavy atom. The Morgan fingerprint density at radius 1 is 1.04 bits per heavy atom. The summed E-state index contributed by atoms with van der Waals surface area (Å²) in [4.78, 5) is 13.5. The number of benzene rings is 2. The number of rotatable bonds is 6. The summed E-state index contributed by atoms with van der Waals surface area (Å²) in [7, 11) is 0. The standard InChI is InChI=1S/C25H33NO2/c1-18(2)17-28-23-19(3)15-22(16-20(23)4)26-24(27)25(13-9-6-10-14-25)21-11-7-5-8-12-21/h5,7-8,11-12,15-16,18H,6,9-10,13-14,17H2,1-4H3,(H,26,27). The summed E-state index contributed by atoms with van der Waals surface area (Å²) in [6.45, 7) is 9.08. The van der Waals surface area contributed by atoms with E-state index in [0.29, 0.717) is 12.5 Å². The molecule has 0 radical (unpaired) electrons. The Labute approximate surface area is 169 Å². The Hall–Kier alpha value is -2.29. The fraction of sp³-hybridized carbons (Fsp3) is 0.480. The van der Waals surface area contributed by atoms with E-state index in [1.165, 1.54) is 6.42 Å². The average molecular weight is 380 g/mol. The van der Waals surface area contributed by atoms with Gasteiger partial charge in [-0.1, -0.05) is 63.4 Å². The van der Waals surface area contributed by atoms with Crippen molar-refractivity contribution in [3.8, 4) is 5.75 Å². The lowest BCUT2D eigenvalue weighted by Gasteiger charge is -2.36. The molecule has 0 atom stereocenters. The minimum Gasteiger partial charge on any atom is -0.493 e. The quantitative estimate of drug-likeness (QED) is 0.651. The van der Waals surface area contributed by atoms with Gasteiger partial charge in [-0.3, -0.25) is 4.79 Å². The zero-order valence-electron chi connectivity index (χ0n) is 17.7. The van der Waals surface area contributed by atoms with Crippen molar-refractivity contribution in [2.75, 3.05) is 11.9 Å². The van der Waals surface area contributed by atoms with E-state index in [-0.39, 0.29) is 5.91 Å². The minimum atomic E-state index is -0.422. The first-order valence-corrected chi connectivity index (χ1v) is 10.5. The lowest BCUT2D eigenvalue weighted by Crippen LogP contribution is -2.42. The summed E-state index contributed by atoms with van der Waals surface area (Å²) < 4.78 is 5.98. The van der Waals surface area contributed by atoms with Crippen molar-refractivity contribution in [3.63, 3.8) is 0 Å². The summed E-state index contributed by atoms with van der Waals surface area (Å²) in [6.07, 6.45) is 5.24. The maximum Gasteiger partial charge on any atom is 0.235 e. The molecule has 2 aromatic carbocycles. The van der Waals surface area contributed by atoms with Crippen LogP contribution in [0.15, 0.2) is 42.5 Å². The molecule has 1 aliphatic rings. The van der Waals surface area contributed by atoms with Crippen molar-refractivity contribution in [2.24, 2.45) is 5.92 Å². The van der Waals surface area contributed by atoms with Gasteiger partial charge in [-0.15, -0.1) is 0 Å². The molecule has 3 nitrogen and oxygen atoms in total. The van der Waals surface area contributed by atoms with E-state index >= 15 is 0 Å². The van der Waals surface area contributed by atoms with E-state index < -0.39 is 5.41 Å². The number of carbonyl (C=O) groups is 1. The molecule has 0 heterocycles. The van der Waals surface area contributed by atoms with Crippen LogP contribution < -0.4 is 10.1 Å². The maximum absolute atomic E-state index is 13.5. The van der Waals surface area contributed by atoms with E-state index in [4.69, 9.17) is 4.74 Å². The molecular formula is C25H33NO2. The highest BCUT2D eigenvalue weighted by atomic mass is 16.5. The second-order valence-corrected chi connectivity index (χ2v) is 8.61. The topological polar surface area (TPSA) is 38.3 Å². The van der Waals surface area contributed by atoms with Crippen molar-refractivity contribution in [2.45, 2.75) is 65.2 Å². The number of carbonyl (C=O) groups excluding carboxylic acids is 1. The van der Waals surface area contributed by atoms with Crippen molar-refractivity contribution < 1.29 is 9.53 Å². The van der Waals surface area contributed by atoms with Crippen LogP contribution in [0.4, 0.5) is 5.69 Å². The van der Waals surface area contributed by atoms with Gasteiger partial charge in [0, 0.05) is 5.69 Å². The van der Waals surface area contributed by atoms with E-state index in [1.807, 2.05) is 44.2 Å². The molecule has 2 aromatic rings. The molecule has 0 spiro atoms. The third-order valence-corrected chi connectivity index (χ3v) is 5.75. The first kappa shape index (κ1) is 20.4. The van der Waals surface area contributed by atoms with Crippen molar-refractivity contribution >= 4 is 11.6 Å². The summed E-state index contributed by atoms with van der Waals surface area (Å²) in [6, 6.07) is 14.3. The van der Waals surface area contributed by atoms with Gasteiger partial charge in [0.15, 0.2) is 0 Å². The smallest absolute Gasteiger partial charge is 0.235 e. The maximum atomic E-state index is 13.5. The monoisotopic (exact) mass is 379 g/mol. The fourth-order valence-electron chi connectivity index (χ4n) is 4.31. The van der Waals surface area contributed by atoms with Crippen molar-refractivity contribution in [1.29, 1.82) is 0 Å². The number of anilines is 1. The van der Waals surface area contributed by atoms with Crippen molar-refractivity contribution in [1.82, 2.24) is 0 Å². The molecule has 1 saturated carbocycles. The van der Waals surface area contributed by atoms with Crippen molar-refractivity contribution in [3.05, 3.63) is 59.2 Å². The zero-order chi connectivity index (χ0) is 20.1. The van der Waals surface area contributed by atoms with Crippen LogP contribution in [-0.2, 0) is 10.2 Å². The zero-order valence-corrected chi connectivity index (χ0v) is 17.7. The van der Waals surface area contributed by atoms with Gasteiger partial charge in [0.25, 0.3) is 0 Å². The number of aryl methyl sites for hydroxylation is 2.